The van der Waals surface area contributed by atoms with Gasteiger partial charge in [0, 0.05) is 0 Å². The average Bonchev–Trinajstić information content (AvgIpc) is 2.92. The first kappa shape index (κ1) is 25.5. The monoisotopic (exact) mass is 472 g/mol. The third kappa shape index (κ3) is 9.72. The number of aryl methyl sites for hydroxylation is 1. The molecule has 0 unspecified atom stereocenters. The van der Waals surface area contributed by atoms with E-state index >= 15 is 0 Å². The quantitative estimate of drug-likeness (QED) is 0.230. The standard InChI is InChI=1S/C16H18O3.C14H14O2/c1-13-5-3-4-6-16(13)19-12-11-18-15-9-7-14(17-2)8-10-15;1-3-7-13(8-4-1)15-11-12-16-14-9-5-2-6-10-14/h3-10H,11-12H2,1-2H3;1-10H,11-12H2. The Kier molecular flexibility index (Phi) is 10.9. The molecule has 0 aliphatic rings. The van der Waals surface area contributed by atoms with Gasteiger partial charge in [-0.2, -0.15) is 0 Å². The summed E-state index contributed by atoms with van der Waals surface area (Å²) in [5.74, 6) is 4.29. The molecule has 0 N–H and O–H groups in total. The molecule has 0 amide bonds. The normalized spacial score (nSPS) is 9.89. The summed E-state index contributed by atoms with van der Waals surface area (Å²) in [6.07, 6.45) is 0. The molecular formula is C30H32O5. The fraction of sp³-hybridized carbons (Fsp3) is 0.200. The van der Waals surface area contributed by atoms with E-state index in [4.69, 9.17) is 23.7 Å². The van der Waals surface area contributed by atoms with Crippen LogP contribution in [0.5, 0.6) is 28.7 Å². The molecule has 0 heterocycles. The summed E-state index contributed by atoms with van der Waals surface area (Å²) < 4.78 is 27.3. The number of rotatable bonds is 11. The van der Waals surface area contributed by atoms with Gasteiger partial charge >= 0.3 is 0 Å². The Morgan fingerprint density at radius 3 is 1.31 bits per heavy atom. The highest BCUT2D eigenvalue weighted by atomic mass is 16.5. The summed E-state index contributed by atoms with van der Waals surface area (Å²) in [4.78, 5) is 0. The maximum Gasteiger partial charge on any atom is 0.122 e. The van der Waals surface area contributed by atoms with Crippen molar-refractivity contribution in [3.8, 4) is 28.7 Å². The Labute approximate surface area is 207 Å². The van der Waals surface area contributed by atoms with Crippen LogP contribution in [0.4, 0.5) is 0 Å². The van der Waals surface area contributed by atoms with Crippen LogP contribution in [0.15, 0.2) is 109 Å². The van der Waals surface area contributed by atoms with Crippen molar-refractivity contribution < 1.29 is 23.7 Å². The van der Waals surface area contributed by atoms with Crippen molar-refractivity contribution in [2.45, 2.75) is 6.92 Å². The Morgan fingerprint density at radius 1 is 0.429 bits per heavy atom. The third-order valence-corrected chi connectivity index (χ3v) is 4.87. The fourth-order valence-electron chi connectivity index (χ4n) is 3.05. The van der Waals surface area contributed by atoms with Crippen LogP contribution in [0.3, 0.4) is 0 Å². The molecule has 0 radical (unpaired) electrons. The lowest BCUT2D eigenvalue weighted by atomic mass is 10.2. The molecule has 4 rings (SSSR count). The number of benzene rings is 4. The Hall–Kier alpha value is -4.12. The first-order valence-corrected chi connectivity index (χ1v) is 11.6. The highest BCUT2D eigenvalue weighted by Crippen LogP contribution is 2.18. The van der Waals surface area contributed by atoms with Gasteiger partial charge in [-0.15, -0.1) is 0 Å². The van der Waals surface area contributed by atoms with E-state index in [2.05, 4.69) is 0 Å². The first-order valence-electron chi connectivity index (χ1n) is 11.6. The highest BCUT2D eigenvalue weighted by molar-refractivity contribution is 5.32. The van der Waals surface area contributed by atoms with E-state index in [1.807, 2.05) is 116 Å². The number of ether oxygens (including phenoxy) is 5. The molecule has 4 aromatic carbocycles. The van der Waals surface area contributed by atoms with Crippen LogP contribution in [-0.2, 0) is 0 Å². The van der Waals surface area contributed by atoms with Gasteiger partial charge in [0.15, 0.2) is 0 Å². The van der Waals surface area contributed by atoms with Crippen LogP contribution in [0, 0.1) is 6.92 Å². The van der Waals surface area contributed by atoms with Gasteiger partial charge in [0.1, 0.15) is 55.2 Å². The van der Waals surface area contributed by atoms with Gasteiger partial charge in [-0.3, -0.25) is 0 Å². The van der Waals surface area contributed by atoms with E-state index in [0.29, 0.717) is 26.4 Å². The van der Waals surface area contributed by atoms with Crippen LogP contribution < -0.4 is 23.7 Å². The molecule has 0 atom stereocenters. The molecule has 182 valence electrons. The van der Waals surface area contributed by atoms with Gasteiger partial charge < -0.3 is 23.7 Å². The third-order valence-electron chi connectivity index (χ3n) is 4.87. The van der Waals surface area contributed by atoms with Crippen molar-refractivity contribution in [1.82, 2.24) is 0 Å². The minimum Gasteiger partial charge on any atom is -0.497 e. The predicted molar refractivity (Wildman–Crippen MR) is 139 cm³/mol. The summed E-state index contributed by atoms with van der Waals surface area (Å²) in [7, 11) is 1.64. The lowest BCUT2D eigenvalue weighted by Gasteiger charge is -2.10. The van der Waals surface area contributed by atoms with E-state index in [9.17, 15) is 0 Å². The van der Waals surface area contributed by atoms with Gasteiger partial charge in [0.25, 0.3) is 0 Å². The zero-order valence-corrected chi connectivity index (χ0v) is 20.3. The number of para-hydroxylation sites is 3. The molecule has 0 bridgehead atoms. The molecule has 0 aliphatic heterocycles. The molecule has 0 fully saturated rings. The molecule has 0 saturated carbocycles. The molecule has 5 nitrogen and oxygen atoms in total. The fourth-order valence-corrected chi connectivity index (χ4v) is 3.05. The van der Waals surface area contributed by atoms with Crippen molar-refractivity contribution in [2.24, 2.45) is 0 Å². The van der Waals surface area contributed by atoms with E-state index < -0.39 is 0 Å². The summed E-state index contributed by atoms with van der Waals surface area (Å²) in [6.45, 7) is 4.18. The molecule has 0 saturated heterocycles. The molecule has 0 aromatic heterocycles. The van der Waals surface area contributed by atoms with E-state index in [1.54, 1.807) is 7.11 Å². The van der Waals surface area contributed by atoms with Crippen molar-refractivity contribution >= 4 is 0 Å². The molecule has 4 aromatic rings. The van der Waals surface area contributed by atoms with E-state index in [1.165, 1.54) is 0 Å². The summed E-state index contributed by atoms with van der Waals surface area (Å²) in [5, 5.41) is 0. The van der Waals surface area contributed by atoms with Gasteiger partial charge in [-0.1, -0.05) is 54.6 Å². The molecule has 5 heteroatoms. The molecular weight excluding hydrogens is 440 g/mol. The topological polar surface area (TPSA) is 46.2 Å². The van der Waals surface area contributed by atoms with Gasteiger partial charge in [0.05, 0.1) is 7.11 Å². The SMILES string of the molecule is COc1ccc(OCCOc2ccccc2C)cc1.c1ccc(OCCOc2ccccc2)cc1. The second-order valence-corrected chi connectivity index (χ2v) is 7.46. The Balaban J connectivity index is 0.000000198. The van der Waals surface area contributed by atoms with Crippen LogP contribution in [-0.4, -0.2) is 33.5 Å². The van der Waals surface area contributed by atoms with Gasteiger partial charge in [-0.25, -0.2) is 0 Å². The van der Waals surface area contributed by atoms with Crippen molar-refractivity contribution in [3.05, 3.63) is 115 Å². The lowest BCUT2D eigenvalue weighted by molar-refractivity contribution is 0.216. The van der Waals surface area contributed by atoms with Crippen LogP contribution >= 0.6 is 0 Å². The minimum atomic E-state index is 0.515. The predicted octanol–water partition coefficient (Wildman–Crippen LogP) is 6.61. The summed E-state index contributed by atoms with van der Waals surface area (Å²) >= 11 is 0. The van der Waals surface area contributed by atoms with Crippen molar-refractivity contribution in [3.63, 3.8) is 0 Å². The van der Waals surface area contributed by atoms with Crippen molar-refractivity contribution in [2.75, 3.05) is 33.5 Å². The molecule has 0 aliphatic carbocycles. The van der Waals surface area contributed by atoms with E-state index in [0.717, 1.165) is 34.3 Å². The minimum absolute atomic E-state index is 0.515. The van der Waals surface area contributed by atoms with Gasteiger partial charge in [0.2, 0.25) is 0 Å². The highest BCUT2D eigenvalue weighted by Gasteiger charge is 1.99. The second-order valence-electron chi connectivity index (χ2n) is 7.46. The lowest BCUT2D eigenvalue weighted by Crippen LogP contribution is -2.09. The maximum atomic E-state index is 5.65. The molecule has 35 heavy (non-hydrogen) atoms. The maximum absolute atomic E-state index is 5.65. The largest absolute Gasteiger partial charge is 0.497 e. The van der Waals surface area contributed by atoms with Crippen molar-refractivity contribution in [1.29, 1.82) is 0 Å². The first-order chi connectivity index (χ1) is 17.2. The number of hydrogen-bond acceptors (Lipinski definition) is 5. The zero-order valence-electron chi connectivity index (χ0n) is 20.3. The average molecular weight is 473 g/mol. The number of methoxy groups -OCH3 is 1. The van der Waals surface area contributed by atoms with Crippen LogP contribution in [0.1, 0.15) is 5.56 Å². The number of hydrogen-bond donors (Lipinski definition) is 0. The zero-order chi connectivity index (χ0) is 24.6. The summed E-state index contributed by atoms with van der Waals surface area (Å²) in [6, 6.07) is 34.9. The van der Waals surface area contributed by atoms with Gasteiger partial charge in [-0.05, 0) is 67.1 Å². The Bertz CT molecular complexity index is 1040. The smallest absolute Gasteiger partial charge is 0.122 e. The Morgan fingerprint density at radius 2 is 0.829 bits per heavy atom. The summed E-state index contributed by atoms with van der Waals surface area (Å²) in [5.41, 5.74) is 1.13. The van der Waals surface area contributed by atoms with Crippen LogP contribution in [0.2, 0.25) is 0 Å². The second kappa shape index (κ2) is 14.9. The van der Waals surface area contributed by atoms with E-state index in [-0.39, 0.29) is 0 Å². The van der Waals surface area contributed by atoms with Crippen LogP contribution in [0.25, 0.3) is 0 Å². The molecule has 0 spiro atoms.